The molecule has 2 heterocycles. The van der Waals surface area contributed by atoms with E-state index in [1.165, 1.54) is 12.8 Å². The van der Waals surface area contributed by atoms with Gasteiger partial charge in [0.15, 0.2) is 0 Å². The van der Waals surface area contributed by atoms with E-state index in [0.29, 0.717) is 18.2 Å². The first kappa shape index (κ1) is 18.2. The lowest BCUT2D eigenvalue weighted by Crippen LogP contribution is -2.28. The fourth-order valence-corrected chi connectivity index (χ4v) is 2.15. The van der Waals surface area contributed by atoms with Gasteiger partial charge in [-0.05, 0) is 50.4 Å². The number of carbonyl (C=O) groups is 1. The summed E-state index contributed by atoms with van der Waals surface area (Å²) in [5, 5.41) is 6.15. The Hall–Kier alpha value is -0.840. The molecule has 0 atom stereocenters. The topological polar surface area (TPSA) is 54.0 Å². The summed E-state index contributed by atoms with van der Waals surface area (Å²) in [6.45, 7) is 2.18. The maximum absolute atomic E-state index is 11.7. The molecule has 6 heteroatoms. The summed E-state index contributed by atoms with van der Waals surface area (Å²) in [4.78, 5) is 15.8. The minimum Gasteiger partial charge on any atom is -0.317 e. The molecule has 2 rings (SSSR count). The quantitative estimate of drug-likeness (QED) is 0.899. The van der Waals surface area contributed by atoms with Crippen LogP contribution >= 0.6 is 24.8 Å². The molecule has 19 heavy (non-hydrogen) atoms. The van der Waals surface area contributed by atoms with Crippen molar-refractivity contribution in [1.82, 2.24) is 10.3 Å². The zero-order valence-electron chi connectivity index (χ0n) is 10.8. The van der Waals surface area contributed by atoms with Crippen molar-refractivity contribution in [3.8, 4) is 0 Å². The molecule has 108 valence electrons. The zero-order valence-corrected chi connectivity index (χ0v) is 12.4. The van der Waals surface area contributed by atoms with Crippen LogP contribution in [-0.2, 0) is 4.79 Å². The van der Waals surface area contributed by atoms with Crippen molar-refractivity contribution >= 4 is 36.5 Å². The second-order valence-electron chi connectivity index (χ2n) is 4.50. The lowest BCUT2D eigenvalue weighted by molar-refractivity contribution is -0.116. The van der Waals surface area contributed by atoms with E-state index in [9.17, 15) is 4.79 Å². The first-order valence-corrected chi connectivity index (χ1v) is 6.26. The van der Waals surface area contributed by atoms with E-state index in [-0.39, 0.29) is 30.7 Å². The third kappa shape index (κ3) is 6.76. The zero-order chi connectivity index (χ0) is 11.9. The van der Waals surface area contributed by atoms with Gasteiger partial charge in [0.2, 0.25) is 5.91 Å². The summed E-state index contributed by atoms with van der Waals surface area (Å²) in [6.07, 6.45) is 5.65. The number of pyridine rings is 1. The molecule has 4 nitrogen and oxygen atoms in total. The molecule has 1 amide bonds. The van der Waals surface area contributed by atoms with Crippen molar-refractivity contribution in [3.63, 3.8) is 0 Å². The Kier molecular flexibility index (Phi) is 9.57. The van der Waals surface area contributed by atoms with Crippen LogP contribution in [0.1, 0.15) is 25.7 Å². The fraction of sp³-hybridized carbons (Fsp3) is 0.538. The highest BCUT2D eigenvalue weighted by Gasteiger charge is 2.14. The Morgan fingerprint density at radius 3 is 2.68 bits per heavy atom. The fourth-order valence-electron chi connectivity index (χ4n) is 2.15. The lowest BCUT2D eigenvalue weighted by atomic mass is 9.93. The Labute approximate surface area is 126 Å². The average Bonchev–Trinajstić information content (AvgIpc) is 2.39. The van der Waals surface area contributed by atoms with Crippen LogP contribution in [0.3, 0.4) is 0 Å². The van der Waals surface area contributed by atoms with E-state index < -0.39 is 0 Å². The van der Waals surface area contributed by atoms with E-state index in [4.69, 9.17) is 0 Å². The number of rotatable bonds is 4. The Morgan fingerprint density at radius 2 is 2.05 bits per heavy atom. The van der Waals surface area contributed by atoms with Gasteiger partial charge in [0.05, 0.1) is 0 Å². The van der Waals surface area contributed by atoms with Crippen LogP contribution in [-0.4, -0.2) is 24.0 Å². The summed E-state index contributed by atoms with van der Waals surface area (Å²) in [6, 6.07) is 5.52. The molecule has 0 aromatic carbocycles. The van der Waals surface area contributed by atoms with Crippen molar-refractivity contribution in [3.05, 3.63) is 24.4 Å². The van der Waals surface area contributed by atoms with E-state index in [1.807, 2.05) is 18.2 Å². The van der Waals surface area contributed by atoms with Crippen LogP contribution in [0.15, 0.2) is 24.4 Å². The second-order valence-corrected chi connectivity index (χ2v) is 4.50. The molecule has 2 N–H and O–H groups in total. The number of anilines is 1. The van der Waals surface area contributed by atoms with Crippen molar-refractivity contribution in [2.75, 3.05) is 18.4 Å². The Bertz CT molecular complexity index is 356. The standard InChI is InChI=1S/C13H19N3O.2ClH/c17-13(16-12-3-1-2-8-15-12)5-4-11-6-9-14-10-7-11;;/h1-3,8,11,14H,4-7,9-10H2,(H,15,16,17);2*1H. The maximum atomic E-state index is 11.7. The van der Waals surface area contributed by atoms with Crippen LogP contribution in [0, 0.1) is 5.92 Å². The van der Waals surface area contributed by atoms with Crippen LogP contribution in [0.5, 0.6) is 0 Å². The molecule has 1 aliphatic heterocycles. The van der Waals surface area contributed by atoms with Gasteiger partial charge in [0.25, 0.3) is 0 Å². The summed E-state index contributed by atoms with van der Waals surface area (Å²) in [7, 11) is 0. The number of nitrogens with zero attached hydrogens (tertiary/aromatic N) is 1. The molecular weight excluding hydrogens is 285 g/mol. The summed E-state index contributed by atoms with van der Waals surface area (Å²) in [5.41, 5.74) is 0. The molecule has 1 aromatic rings. The van der Waals surface area contributed by atoms with Gasteiger partial charge in [-0.2, -0.15) is 0 Å². The molecular formula is C13H21Cl2N3O. The average molecular weight is 306 g/mol. The normalized spacial score (nSPS) is 14.9. The van der Waals surface area contributed by atoms with E-state index >= 15 is 0 Å². The van der Waals surface area contributed by atoms with E-state index in [1.54, 1.807) is 6.20 Å². The number of carbonyl (C=O) groups excluding carboxylic acids is 1. The van der Waals surface area contributed by atoms with Gasteiger partial charge in [-0.3, -0.25) is 4.79 Å². The van der Waals surface area contributed by atoms with Crippen LogP contribution < -0.4 is 10.6 Å². The number of hydrogen-bond acceptors (Lipinski definition) is 3. The molecule has 1 aliphatic rings. The first-order chi connectivity index (χ1) is 8.34. The van der Waals surface area contributed by atoms with Crippen molar-refractivity contribution in [2.24, 2.45) is 5.92 Å². The summed E-state index contributed by atoms with van der Waals surface area (Å²) in [5.74, 6) is 1.41. The first-order valence-electron chi connectivity index (χ1n) is 6.26. The number of amides is 1. The van der Waals surface area contributed by atoms with Crippen LogP contribution in [0.25, 0.3) is 0 Å². The third-order valence-electron chi connectivity index (χ3n) is 3.17. The van der Waals surface area contributed by atoms with Gasteiger partial charge in [-0.25, -0.2) is 4.98 Å². The van der Waals surface area contributed by atoms with E-state index in [2.05, 4.69) is 15.6 Å². The van der Waals surface area contributed by atoms with Gasteiger partial charge >= 0.3 is 0 Å². The van der Waals surface area contributed by atoms with Crippen molar-refractivity contribution in [1.29, 1.82) is 0 Å². The van der Waals surface area contributed by atoms with Gasteiger partial charge < -0.3 is 10.6 Å². The number of aromatic nitrogens is 1. The SMILES string of the molecule is Cl.Cl.O=C(CCC1CCNCC1)Nc1ccccn1. The smallest absolute Gasteiger partial charge is 0.225 e. The monoisotopic (exact) mass is 305 g/mol. The summed E-state index contributed by atoms with van der Waals surface area (Å²) >= 11 is 0. The molecule has 0 aliphatic carbocycles. The molecule has 1 saturated heterocycles. The lowest BCUT2D eigenvalue weighted by Gasteiger charge is -2.22. The molecule has 0 spiro atoms. The van der Waals surface area contributed by atoms with Crippen molar-refractivity contribution in [2.45, 2.75) is 25.7 Å². The van der Waals surface area contributed by atoms with Gasteiger partial charge in [-0.15, -0.1) is 24.8 Å². The summed E-state index contributed by atoms with van der Waals surface area (Å²) < 4.78 is 0. The van der Waals surface area contributed by atoms with Crippen LogP contribution in [0.2, 0.25) is 0 Å². The largest absolute Gasteiger partial charge is 0.317 e. The third-order valence-corrected chi connectivity index (χ3v) is 3.17. The van der Waals surface area contributed by atoms with Gasteiger partial charge in [-0.1, -0.05) is 6.07 Å². The van der Waals surface area contributed by atoms with Crippen LogP contribution in [0.4, 0.5) is 5.82 Å². The van der Waals surface area contributed by atoms with Gasteiger partial charge in [0, 0.05) is 12.6 Å². The number of piperidine rings is 1. The predicted octanol–water partition coefficient (Wildman–Crippen LogP) is 2.64. The number of hydrogen-bond donors (Lipinski definition) is 2. The van der Waals surface area contributed by atoms with Gasteiger partial charge in [0.1, 0.15) is 5.82 Å². The second kappa shape index (κ2) is 10.0. The molecule has 0 saturated carbocycles. The van der Waals surface area contributed by atoms with Crippen molar-refractivity contribution < 1.29 is 4.79 Å². The highest BCUT2D eigenvalue weighted by atomic mass is 35.5. The Morgan fingerprint density at radius 1 is 1.32 bits per heavy atom. The number of nitrogens with one attached hydrogen (secondary N) is 2. The number of halogens is 2. The minimum atomic E-state index is 0. The Balaban J connectivity index is 0.00000162. The molecule has 0 unspecified atom stereocenters. The molecule has 0 bridgehead atoms. The molecule has 1 fully saturated rings. The van der Waals surface area contributed by atoms with E-state index in [0.717, 1.165) is 19.5 Å². The minimum absolute atomic E-state index is 0. The predicted molar refractivity (Wildman–Crippen MR) is 82.2 cm³/mol. The molecule has 0 radical (unpaired) electrons. The molecule has 1 aromatic heterocycles. The maximum Gasteiger partial charge on any atom is 0.225 e. The highest BCUT2D eigenvalue weighted by Crippen LogP contribution is 2.17. The highest BCUT2D eigenvalue weighted by molar-refractivity contribution is 5.89.